The van der Waals surface area contributed by atoms with E-state index in [-0.39, 0.29) is 12.1 Å². The molecule has 1 aromatic carbocycles. The number of amides is 2. The lowest BCUT2D eigenvalue weighted by molar-refractivity contribution is 0.232. The summed E-state index contributed by atoms with van der Waals surface area (Å²) in [4.78, 5) is 19.3. The van der Waals surface area contributed by atoms with Crippen molar-refractivity contribution in [3.05, 3.63) is 45.9 Å². The highest BCUT2D eigenvalue weighted by Gasteiger charge is 2.15. The van der Waals surface area contributed by atoms with Crippen LogP contribution in [0.25, 0.3) is 0 Å². The van der Waals surface area contributed by atoms with E-state index in [0.29, 0.717) is 13.1 Å². The Bertz CT molecular complexity index is 655. The van der Waals surface area contributed by atoms with Crippen molar-refractivity contribution < 1.29 is 9.53 Å². The Kier molecular flexibility index (Phi) is 6.57. The molecule has 2 rings (SSSR count). The second-order valence-electron chi connectivity index (χ2n) is 5.66. The van der Waals surface area contributed by atoms with E-state index in [1.54, 1.807) is 24.6 Å². The van der Waals surface area contributed by atoms with Crippen LogP contribution >= 0.6 is 11.3 Å². The maximum absolute atomic E-state index is 12.0. The highest BCUT2D eigenvalue weighted by molar-refractivity contribution is 7.11. The van der Waals surface area contributed by atoms with Gasteiger partial charge in [-0.3, -0.25) is 0 Å². The molecule has 7 heteroatoms. The first-order valence-electron chi connectivity index (χ1n) is 7.73. The van der Waals surface area contributed by atoms with Crippen molar-refractivity contribution in [3.63, 3.8) is 0 Å². The molecule has 1 aromatic heterocycles. The summed E-state index contributed by atoms with van der Waals surface area (Å²) in [5.41, 5.74) is 1.12. The average Bonchev–Trinajstić information content (AvgIpc) is 2.99. The predicted octanol–water partition coefficient (Wildman–Crippen LogP) is 2.56. The van der Waals surface area contributed by atoms with Crippen LogP contribution in [-0.2, 0) is 6.54 Å². The smallest absolute Gasteiger partial charge is 0.315 e. The number of hydrogen-bond acceptors (Lipinski definition) is 5. The maximum atomic E-state index is 12.0. The summed E-state index contributed by atoms with van der Waals surface area (Å²) in [7, 11) is 5.64. The van der Waals surface area contributed by atoms with Gasteiger partial charge < -0.3 is 20.3 Å². The first kappa shape index (κ1) is 18.2. The molecule has 0 radical (unpaired) electrons. The Morgan fingerprint density at radius 3 is 2.54 bits per heavy atom. The second kappa shape index (κ2) is 8.65. The number of thiazole rings is 1. The van der Waals surface area contributed by atoms with Crippen LogP contribution in [0.4, 0.5) is 4.79 Å². The van der Waals surface area contributed by atoms with Gasteiger partial charge in [0.15, 0.2) is 0 Å². The number of ether oxygens (including phenoxy) is 1. The quantitative estimate of drug-likeness (QED) is 0.807. The van der Waals surface area contributed by atoms with Crippen LogP contribution in [0.15, 0.2) is 30.5 Å². The number of aryl methyl sites for hydroxylation is 1. The number of aromatic nitrogens is 1. The minimum atomic E-state index is -0.179. The molecule has 2 N–H and O–H groups in total. The lowest BCUT2D eigenvalue weighted by Gasteiger charge is -2.25. The van der Waals surface area contributed by atoms with Gasteiger partial charge in [0, 0.05) is 17.6 Å². The van der Waals surface area contributed by atoms with Crippen molar-refractivity contribution in [2.75, 3.05) is 27.7 Å². The van der Waals surface area contributed by atoms with Crippen LogP contribution < -0.4 is 15.4 Å². The van der Waals surface area contributed by atoms with Crippen LogP contribution in [0.3, 0.4) is 0 Å². The van der Waals surface area contributed by atoms with E-state index in [1.165, 1.54) is 0 Å². The Labute approximate surface area is 146 Å². The summed E-state index contributed by atoms with van der Waals surface area (Å²) < 4.78 is 5.19. The number of carbonyl (C=O) groups is 1. The van der Waals surface area contributed by atoms with Gasteiger partial charge in [0.2, 0.25) is 0 Å². The third-order valence-corrected chi connectivity index (χ3v) is 4.58. The van der Waals surface area contributed by atoms with Crippen LogP contribution in [0.2, 0.25) is 0 Å². The van der Waals surface area contributed by atoms with Gasteiger partial charge >= 0.3 is 6.03 Å². The lowest BCUT2D eigenvalue weighted by atomic mass is 10.1. The molecule has 6 nitrogen and oxygen atoms in total. The number of rotatable bonds is 7. The molecule has 0 aliphatic carbocycles. The fourth-order valence-corrected chi connectivity index (χ4v) is 3.07. The minimum absolute atomic E-state index is 0.0901. The van der Waals surface area contributed by atoms with E-state index in [4.69, 9.17) is 4.74 Å². The topological polar surface area (TPSA) is 66.5 Å². The number of benzene rings is 1. The number of nitrogens with zero attached hydrogens (tertiary/aromatic N) is 2. The molecule has 0 saturated carbocycles. The summed E-state index contributed by atoms with van der Waals surface area (Å²) in [6.07, 6.45) is 1.79. The number of carbonyl (C=O) groups excluding carboxylic acids is 1. The van der Waals surface area contributed by atoms with Crippen LogP contribution in [0.5, 0.6) is 5.75 Å². The Morgan fingerprint density at radius 2 is 2.00 bits per heavy atom. The molecule has 0 spiro atoms. The van der Waals surface area contributed by atoms with Crippen molar-refractivity contribution >= 4 is 17.4 Å². The summed E-state index contributed by atoms with van der Waals surface area (Å²) in [6, 6.07) is 7.80. The number of likely N-dealkylation sites (N-methyl/N-ethyl adjacent to an activating group) is 1. The normalized spacial score (nSPS) is 12.0. The van der Waals surface area contributed by atoms with Crippen LogP contribution in [0, 0.1) is 6.92 Å². The van der Waals surface area contributed by atoms with Crippen LogP contribution in [0.1, 0.15) is 21.5 Å². The predicted molar refractivity (Wildman–Crippen MR) is 96.5 cm³/mol. The van der Waals surface area contributed by atoms with E-state index in [9.17, 15) is 4.79 Å². The molecule has 2 amide bonds. The van der Waals surface area contributed by atoms with E-state index < -0.39 is 0 Å². The first-order chi connectivity index (χ1) is 11.5. The number of methoxy groups -OCH3 is 1. The first-order valence-corrected chi connectivity index (χ1v) is 8.54. The average molecular weight is 348 g/mol. The molecule has 0 aliphatic heterocycles. The Balaban J connectivity index is 1.87. The largest absolute Gasteiger partial charge is 0.497 e. The fraction of sp³-hybridized carbons (Fsp3) is 0.412. The minimum Gasteiger partial charge on any atom is -0.497 e. The molecule has 0 aliphatic rings. The van der Waals surface area contributed by atoms with Crippen molar-refractivity contribution in [1.29, 1.82) is 0 Å². The monoisotopic (exact) mass is 348 g/mol. The SMILES string of the molecule is COc1ccc(C(CNC(=O)NCc2cnc(C)s2)N(C)C)cc1. The molecule has 1 unspecified atom stereocenters. The zero-order valence-corrected chi connectivity index (χ0v) is 15.3. The maximum Gasteiger partial charge on any atom is 0.315 e. The zero-order chi connectivity index (χ0) is 17.5. The fourth-order valence-electron chi connectivity index (χ4n) is 2.33. The molecular weight excluding hydrogens is 324 g/mol. The van der Waals surface area contributed by atoms with Crippen LogP contribution in [-0.4, -0.2) is 43.7 Å². The summed E-state index contributed by atoms with van der Waals surface area (Å²) in [6.45, 7) is 2.96. The standard InChI is InChI=1S/C17H24N4O2S/c1-12-18-9-15(24-12)10-19-17(22)20-11-16(21(2)3)13-5-7-14(23-4)8-6-13/h5-9,16H,10-11H2,1-4H3,(H2,19,20,22). The molecule has 2 aromatic rings. The number of urea groups is 1. The molecule has 24 heavy (non-hydrogen) atoms. The van der Waals surface area contributed by atoms with Gasteiger partial charge in [-0.15, -0.1) is 11.3 Å². The third-order valence-electron chi connectivity index (χ3n) is 3.67. The van der Waals surface area contributed by atoms with Crippen molar-refractivity contribution in [3.8, 4) is 5.75 Å². The summed E-state index contributed by atoms with van der Waals surface area (Å²) >= 11 is 1.59. The van der Waals surface area contributed by atoms with Crippen molar-refractivity contribution in [2.24, 2.45) is 0 Å². The highest BCUT2D eigenvalue weighted by atomic mass is 32.1. The molecule has 0 fully saturated rings. The van der Waals surface area contributed by atoms with Gasteiger partial charge in [-0.2, -0.15) is 0 Å². The van der Waals surface area contributed by atoms with Crippen molar-refractivity contribution in [1.82, 2.24) is 20.5 Å². The van der Waals surface area contributed by atoms with E-state index >= 15 is 0 Å². The van der Waals surface area contributed by atoms with Crippen molar-refractivity contribution in [2.45, 2.75) is 19.5 Å². The highest BCUT2D eigenvalue weighted by Crippen LogP contribution is 2.20. The van der Waals surface area contributed by atoms with E-state index in [0.717, 1.165) is 21.2 Å². The number of nitrogens with one attached hydrogen (secondary N) is 2. The van der Waals surface area contributed by atoms with Gasteiger partial charge in [-0.25, -0.2) is 9.78 Å². The Morgan fingerprint density at radius 1 is 1.29 bits per heavy atom. The van der Waals surface area contributed by atoms with Gasteiger partial charge in [0.1, 0.15) is 5.75 Å². The summed E-state index contributed by atoms with van der Waals surface area (Å²) in [5, 5.41) is 6.79. The Hall–Kier alpha value is -2.12. The summed E-state index contributed by atoms with van der Waals surface area (Å²) in [5.74, 6) is 0.821. The molecule has 1 heterocycles. The van der Waals surface area contributed by atoms with Gasteiger partial charge in [0.25, 0.3) is 0 Å². The number of hydrogen-bond donors (Lipinski definition) is 2. The molecule has 0 saturated heterocycles. The third kappa shape index (κ3) is 5.21. The molecular formula is C17H24N4O2S. The molecule has 130 valence electrons. The second-order valence-corrected chi connectivity index (χ2v) is 6.98. The van der Waals surface area contributed by atoms with E-state index in [1.807, 2.05) is 45.3 Å². The molecule has 0 bridgehead atoms. The van der Waals surface area contributed by atoms with Gasteiger partial charge in [-0.1, -0.05) is 12.1 Å². The van der Waals surface area contributed by atoms with Gasteiger partial charge in [-0.05, 0) is 38.7 Å². The van der Waals surface area contributed by atoms with E-state index in [2.05, 4.69) is 20.5 Å². The zero-order valence-electron chi connectivity index (χ0n) is 14.5. The lowest BCUT2D eigenvalue weighted by Crippen LogP contribution is -2.40. The molecule has 1 atom stereocenters. The van der Waals surface area contributed by atoms with Gasteiger partial charge in [0.05, 0.1) is 24.7 Å².